The quantitative estimate of drug-likeness (QED) is 0.864. The third-order valence-corrected chi connectivity index (χ3v) is 5.90. The molecule has 2 N–H and O–H groups in total. The van der Waals surface area contributed by atoms with Gasteiger partial charge in [-0.05, 0) is 48.7 Å². The van der Waals surface area contributed by atoms with E-state index in [4.69, 9.17) is 17.3 Å². The Balaban J connectivity index is 2.12. The second kappa shape index (κ2) is 5.24. The number of nitrogens with two attached hydrogens (primary N) is 1. The number of nitrogens with zero attached hydrogens (tertiary/aromatic N) is 1. The van der Waals surface area contributed by atoms with Gasteiger partial charge < -0.3 is 5.73 Å². The fourth-order valence-corrected chi connectivity index (χ4v) is 4.64. The van der Waals surface area contributed by atoms with E-state index in [2.05, 4.69) is 0 Å². The summed E-state index contributed by atoms with van der Waals surface area (Å²) in [4.78, 5) is 0.136. The molecule has 4 nitrogen and oxygen atoms in total. The minimum Gasteiger partial charge on any atom is -0.399 e. The number of halogens is 1. The highest BCUT2D eigenvalue weighted by Crippen LogP contribution is 2.34. The molecule has 1 heterocycles. The summed E-state index contributed by atoms with van der Waals surface area (Å²) in [6.07, 6.45) is 1.59. The van der Waals surface area contributed by atoms with Crippen LogP contribution >= 0.6 is 11.6 Å². The summed E-state index contributed by atoms with van der Waals surface area (Å²) in [5.41, 5.74) is 8.07. The van der Waals surface area contributed by atoms with Crippen LogP contribution < -0.4 is 10.0 Å². The third-order valence-electron chi connectivity index (χ3n) is 3.58. The molecule has 2 aromatic rings. The minimum absolute atomic E-state index is 0.136. The maximum absolute atomic E-state index is 12.9. The van der Waals surface area contributed by atoms with Gasteiger partial charge in [-0.1, -0.05) is 23.7 Å². The lowest BCUT2D eigenvalue weighted by molar-refractivity contribution is 0.586. The van der Waals surface area contributed by atoms with Gasteiger partial charge in [0, 0.05) is 12.2 Å². The van der Waals surface area contributed by atoms with Crippen LogP contribution in [0.4, 0.5) is 11.4 Å². The molecule has 0 atom stereocenters. The number of hydrogen-bond acceptors (Lipinski definition) is 3. The number of fused-ring (bicyclic) bond motifs is 1. The second-order valence-corrected chi connectivity index (χ2v) is 7.24. The van der Waals surface area contributed by atoms with E-state index in [-0.39, 0.29) is 9.92 Å². The van der Waals surface area contributed by atoms with Crippen molar-refractivity contribution in [3.05, 3.63) is 53.1 Å². The number of hydrogen-bond donors (Lipinski definition) is 1. The van der Waals surface area contributed by atoms with Gasteiger partial charge in [0.15, 0.2) is 0 Å². The molecule has 0 bridgehead atoms. The van der Waals surface area contributed by atoms with E-state index in [0.717, 1.165) is 18.4 Å². The molecule has 2 aromatic carbocycles. The standard InChI is InChI=1S/C15H15ClN2O2S/c16-13-5-1-2-6-15(13)21(19,20)18-9-3-4-11-10-12(17)7-8-14(11)18/h1-2,5-8,10H,3-4,9,17H2. The molecule has 0 aliphatic carbocycles. The maximum Gasteiger partial charge on any atom is 0.265 e. The van der Waals surface area contributed by atoms with Crippen molar-refractivity contribution in [2.24, 2.45) is 0 Å². The van der Waals surface area contributed by atoms with Crippen LogP contribution in [0.15, 0.2) is 47.4 Å². The van der Waals surface area contributed by atoms with Gasteiger partial charge in [-0.25, -0.2) is 8.42 Å². The van der Waals surface area contributed by atoms with E-state index in [1.54, 1.807) is 30.3 Å². The molecule has 0 radical (unpaired) electrons. The van der Waals surface area contributed by atoms with Gasteiger partial charge in [0.05, 0.1) is 10.7 Å². The van der Waals surface area contributed by atoms with Gasteiger partial charge in [0.1, 0.15) is 4.90 Å². The van der Waals surface area contributed by atoms with E-state index in [1.165, 1.54) is 10.4 Å². The summed E-state index contributed by atoms with van der Waals surface area (Å²) >= 11 is 6.05. The van der Waals surface area contributed by atoms with Gasteiger partial charge in [-0.15, -0.1) is 0 Å². The van der Waals surface area contributed by atoms with Gasteiger partial charge >= 0.3 is 0 Å². The van der Waals surface area contributed by atoms with E-state index >= 15 is 0 Å². The van der Waals surface area contributed by atoms with Crippen molar-refractivity contribution in [2.75, 3.05) is 16.6 Å². The first-order valence-corrected chi connectivity index (χ1v) is 8.47. The van der Waals surface area contributed by atoms with Crippen LogP contribution in [0.25, 0.3) is 0 Å². The van der Waals surface area contributed by atoms with Crippen molar-refractivity contribution in [3.8, 4) is 0 Å². The maximum atomic E-state index is 12.9. The minimum atomic E-state index is -3.66. The summed E-state index contributed by atoms with van der Waals surface area (Å²) in [5.74, 6) is 0. The van der Waals surface area contributed by atoms with E-state index in [1.807, 2.05) is 6.07 Å². The Labute approximate surface area is 129 Å². The Bertz CT molecular complexity index is 790. The Morgan fingerprint density at radius 2 is 1.90 bits per heavy atom. The smallest absolute Gasteiger partial charge is 0.265 e. The molecule has 0 saturated heterocycles. The lowest BCUT2D eigenvalue weighted by atomic mass is 10.0. The number of aryl methyl sites for hydroxylation is 1. The summed E-state index contributed by atoms with van der Waals surface area (Å²) < 4.78 is 27.2. The first kappa shape index (κ1) is 14.2. The zero-order valence-electron chi connectivity index (χ0n) is 11.3. The molecular formula is C15H15ClN2O2S. The highest BCUT2D eigenvalue weighted by Gasteiger charge is 2.30. The van der Waals surface area contributed by atoms with E-state index in [0.29, 0.717) is 17.9 Å². The fraction of sp³-hybridized carbons (Fsp3) is 0.200. The summed E-state index contributed by atoms with van der Waals surface area (Å²) in [5, 5.41) is 0.236. The topological polar surface area (TPSA) is 63.4 Å². The molecule has 3 rings (SSSR count). The average Bonchev–Trinajstić information content (AvgIpc) is 2.46. The zero-order valence-corrected chi connectivity index (χ0v) is 12.9. The molecule has 110 valence electrons. The van der Waals surface area contributed by atoms with Crippen molar-refractivity contribution in [1.82, 2.24) is 0 Å². The first-order valence-electron chi connectivity index (χ1n) is 6.66. The Kier molecular flexibility index (Phi) is 3.55. The summed E-state index contributed by atoms with van der Waals surface area (Å²) in [6.45, 7) is 0.449. The van der Waals surface area contributed by atoms with Gasteiger partial charge in [-0.2, -0.15) is 0 Å². The Hall–Kier alpha value is -1.72. The molecule has 0 fully saturated rings. The van der Waals surface area contributed by atoms with Crippen molar-refractivity contribution >= 4 is 33.0 Å². The number of sulfonamides is 1. The van der Waals surface area contributed by atoms with Crippen molar-refractivity contribution in [3.63, 3.8) is 0 Å². The fourth-order valence-electron chi connectivity index (χ4n) is 2.60. The largest absolute Gasteiger partial charge is 0.399 e. The lowest BCUT2D eigenvalue weighted by Crippen LogP contribution is -2.35. The molecule has 1 aliphatic heterocycles. The number of anilines is 2. The van der Waals surface area contributed by atoms with Crippen LogP contribution in [0.2, 0.25) is 5.02 Å². The normalized spacial score (nSPS) is 14.8. The number of rotatable bonds is 2. The molecule has 0 aromatic heterocycles. The SMILES string of the molecule is Nc1ccc2c(c1)CCCN2S(=O)(=O)c1ccccc1Cl. The zero-order chi connectivity index (χ0) is 15.0. The molecular weight excluding hydrogens is 308 g/mol. The van der Waals surface area contributed by atoms with Crippen molar-refractivity contribution in [2.45, 2.75) is 17.7 Å². The van der Waals surface area contributed by atoms with E-state index < -0.39 is 10.0 Å². The van der Waals surface area contributed by atoms with Gasteiger partial charge in [0.2, 0.25) is 0 Å². The Morgan fingerprint density at radius 3 is 2.67 bits per heavy atom. The monoisotopic (exact) mass is 322 g/mol. The van der Waals surface area contributed by atoms with Crippen LogP contribution in [0.3, 0.4) is 0 Å². The van der Waals surface area contributed by atoms with Crippen LogP contribution in [-0.4, -0.2) is 15.0 Å². The number of nitrogen functional groups attached to an aromatic ring is 1. The molecule has 0 unspecified atom stereocenters. The van der Waals surface area contributed by atoms with Gasteiger partial charge in [-0.3, -0.25) is 4.31 Å². The Morgan fingerprint density at radius 1 is 1.14 bits per heavy atom. The molecule has 21 heavy (non-hydrogen) atoms. The predicted molar refractivity (Wildman–Crippen MR) is 85.2 cm³/mol. The molecule has 0 amide bonds. The predicted octanol–water partition coefficient (Wildman–Crippen LogP) is 3.06. The summed E-state index contributed by atoms with van der Waals surface area (Å²) in [6, 6.07) is 11.8. The highest BCUT2D eigenvalue weighted by atomic mass is 35.5. The molecule has 0 spiro atoms. The molecule has 6 heteroatoms. The first-order chi connectivity index (χ1) is 10.00. The second-order valence-electron chi connectivity index (χ2n) is 5.00. The lowest BCUT2D eigenvalue weighted by Gasteiger charge is -2.30. The van der Waals surface area contributed by atoms with Crippen LogP contribution in [0.5, 0.6) is 0 Å². The van der Waals surface area contributed by atoms with Crippen molar-refractivity contribution < 1.29 is 8.42 Å². The van der Waals surface area contributed by atoms with Crippen LogP contribution in [0, 0.1) is 0 Å². The molecule has 0 saturated carbocycles. The summed E-state index contributed by atoms with van der Waals surface area (Å²) in [7, 11) is -3.66. The number of benzene rings is 2. The van der Waals surface area contributed by atoms with Crippen LogP contribution in [-0.2, 0) is 16.4 Å². The van der Waals surface area contributed by atoms with Gasteiger partial charge in [0.25, 0.3) is 10.0 Å². The van der Waals surface area contributed by atoms with E-state index in [9.17, 15) is 8.42 Å². The van der Waals surface area contributed by atoms with Crippen molar-refractivity contribution in [1.29, 1.82) is 0 Å². The third kappa shape index (κ3) is 2.47. The average molecular weight is 323 g/mol. The highest BCUT2D eigenvalue weighted by molar-refractivity contribution is 7.93. The molecule has 1 aliphatic rings. The van der Waals surface area contributed by atoms with Crippen LogP contribution in [0.1, 0.15) is 12.0 Å².